The first-order valence-corrected chi connectivity index (χ1v) is 7.29. The second kappa shape index (κ2) is 6.55. The number of rotatable bonds is 5. The maximum Gasteiger partial charge on any atom is 0.0409 e. The van der Waals surface area contributed by atoms with Crippen molar-refractivity contribution in [3.05, 3.63) is 34.9 Å². The Bertz CT molecular complexity index is 381. The molecule has 18 heavy (non-hydrogen) atoms. The molecule has 1 aromatic rings. The van der Waals surface area contributed by atoms with Gasteiger partial charge in [-0.25, -0.2) is 0 Å². The molecular formula is C15H23ClN2. The number of halogens is 1. The molecule has 2 nitrogen and oxygen atoms in total. The third-order valence-corrected chi connectivity index (χ3v) is 4.07. The Morgan fingerprint density at radius 3 is 3.06 bits per heavy atom. The number of nitrogens with zero attached hydrogens (tertiary/aromatic N) is 1. The fraction of sp³-hybridized carbons (Fsp3) is 0.600. The number of hydrogen-bond donors (Lipinski definition) is 1. The minimum Gasteiger partial charge on any atom is -0.327 e. The number of hydrogen-bond acceptors (Lipinski definition) is 2. The maximum absolute atomic E-state index is 6.22. The van der Waals surface area contributed by atoms with E-state index in [0.717, 1.165) is 31.1 Å². The van der Waals surface area contributed by atoms with Crippen LogP contribution in [-0.4, -0.2) is 24.0 Å². The topological polar surface area (TPSA) is 29.3 Å². The molecule has 100 valence electrons. The van der Waals surface area contributed by atoms with Gasteiger partial charge in [-0.2, -0.15) is 0 Å². The van der Waals surface area contributed by atoms with Gasteiger partial charge in [0.05, 0.1) is 0 Å². The number of nitrogens with two attached hydrogens (primary N) is 1. The maximum atomic E-state index is 6.22. The van der Waals surface area contributed by atoms with Crippen molar-refractivity contribution in [2.75, 3.05) is 13.1 Å². The van der Waals surface area contributed by atoms with E-state index in [1.165, 1.54) is 18.4 Å². The highest BCUT2D eigenvalue weighted by molar-refractivity contribution is 6.30. The van der Waals surface area contributed by atoms with Crippen LogP contribution in [0.15, 0.2) is 24.3 Å². The third-order valence-electron chi connectivity index (χ3n) is 3.83. The highest BCUT2D eigenvalue weighted by Gasteiger charge is 2.26. The molecule has 1 saturated heterocycles. The molecule has 0 saturated carbocycles. The Labute approximate surface area is 115 Å². The van der Waals surface area contributed by atoms with Crippen LogP contribution in [0.2, 0.25) is 5.02 Å². The zero-order valence-electron chi connectivity index (χ0n) is 11.1. The van der Waals surface area contributed by atoms with Gasteiger partial charge in [0, 0.05) is 24.2 Å². The van der Waals surface area contributed by atoms with Crippen molar-refractivity contribution in [2.24, 2.45) is 11.7 Å². The zero-order valence-corrected chi connectivity index (χ0v) is 11.9. The first-order chi connectivity index (χ1) is 8.69. The highest BCUT2D eigenvalue weighted by atomic mass is 35.5. The second-order valence-corrected chi connectivity index (χ2v) is 5.80. The Morgan fingerprint density at radius 1 is 1.50 bits per heavy atom. The smallest absolute Gasteiger partial charge is 0.0409 e. The lowest BCUT2D eigenvalue weighted by molar-refractivity contribution is 0.302. The van der Waals surface area contributed by atoms with Crippen LogP contribution in [-0.2, 0) is 6.54 Å². The van der Waals surface area contributed by atoms with Crippen molar-refractivity contribution >= 4 is 11.6 Å². The molecule has 0 radical (unpaired) electrons. The summed E-state index contributed by atoms with van der Waals surface area (Å²) in [5.74, 6) is 0.670. The summed E-state index contributed by atoms with van der Waals surface area (Å²) in [6.07, 6.45) is 3.57. The van der Waals surface area contributed by atoms with Crippen molar-refractivity contribution in [2.45, 2.75) is 38.8 Å². The molecule has 1 aliphatic rings. The van der Waals surface area contributed by atoms with Crippen LogP contribution in [0.4, 0.5) is 0 Å². The average molecular weight is 267 g/mol. The number of likely N-dealkylation sites (tertiary alicyclic amines) is 1. The lowest BCUT2D eigenvalue weighted by Gasteiger charge is -2.20. The molecule has 2 atom stereocenters. The monoisotopic (exact) mass is 266 g/mol. The SMILES string of the molecule is CCCC(N)C1CCN(Cc2cccc(Cl)c2)C1. The van der Waals surface area contributed by atoms with Crippen LogP contribution in [0.25, 0.3) is 0 Å². The van der Waals surface area contributed by atoms with Crippen LogP contribution in [0.3, 0.4) is 0 Å². The van der Waals surface area contributed by atoms with Gasteiger partial charge >= 0.3 is 0 Å². The first-order valence-electron chi connectivity index (χ1n) is 6.91. The van der Waals surface area contributed by atoms with Crippen LogP contribution >= 0.6 is 11.6 Å². The van der Waals surface area contributed by atoms with E-state index in [0.29, 0.717) is 12.0 Å². The molecule has 1 heterocycles. The van der Waals surface area contributed by atoms with Gasteiger partial charge in [0.25, 0.3) is 0 Å². The Balaban J connectivity index is 1.86. The zero-order chi connectivity index (χ0) is 13.0. The van der Waals surface area contributed by atoms with Crippen LogP contribution in [0, 0.1) is 5.92 Å². The summed E-state index contributed by atoms with van der Waals surface area (Å²) in [6, 6.07) is 8.52. The quantitative estimate of drug-likeness (QED) is 0.886. The number of benzene rings is 1. The van der Waals surface area contributed by atoms with E-state index < -0.39 is 0 Å². The third kappa shape index (κ3) is 3.71. The lowest BCUT2D eigenvalue weighted by Crippen LogP contribution is -2.32. The van der Waals surface area contributed by atoms with Crippen LogP contribution in [0.1, 0.15) is 31.7 Å². The molecular weight excluding hydrogens is 244 g/mol. The second-order valence-electron chi connectivity index (χ2n) is 5.37. The van der Waals surface area contributed by atoms with E-state index in [9.17, 15) is 0 Å². The largest absolute Gasteiger partial charge is 0.327 e. The Morgan fingerprint density at radius 2 is 2.33 bits per heavy atom. The van der Waals surface area contributed by atoms with Crippen molar-refractivity contribution in [3.8, 4) is 0 Å². The van der Waals surface area contributed by atoms with Crippen molar-refractivity contribution in [1.29, 1.82) is 0 Å². The summed E-state index contributed by atoms with van der Waals surface area (Å²) >= 11 is 6.01. The molecule has 1 aliphatic heterocycles. The average Bonchev–Trinajstić information content (AvgIpc) is 2.78. The van der Waals surface area contributed by atoms with E-state index >= 15 is 0 Å². The van der Waals surface area contributed by atoms with Crippen molar-refractivity contribution in [3.63, 3.8) is 0 Å². The minimum atomic E-state index is 0.374. The van der Waals surface area contributed by atoms with Crippen LogP contribution < -0.4 is 5.73 Å². The molecule has 1 aromatic carbocycles. The van der Waals surface area contributed by atoms with Gasteiger partial charge in [0.1, 0.15) is 0 Å². The van der Waals surface area contributed by atoms with Gasteiger partial charge < -0.3 is 5.73 Å². The summed E-state index contributed by atoms with van der Waals surface area (Å²) < 4.78 is 0. The normalized spacial score (nSPS) is 22.3. The minimum absolute atomic E-state index is 0.374. The summed E-state index contributed by atoms with van der Waals surface area (Å²) in [4.78, 5) is 2.49. The molecule has 0 aliphatic carbocycles. The van der Waals surface area contributed by atoms with Gasteiger partial charge in [-0.15, -0.1) is 0 Å². The molecule has 0 spiro atoms. The summed E-state index contributed by atoms with van der Waals surface area (Å²) in [6.45, 7) is 5.50. The molecule has 1 fully saturated rings. The van der Waals surface area contributed by atoms with Crippen molar-refractivity contribution in [1.82, 2.24) is 4.90 Å². The molecule has 0 aromatic heterocycles. The van der Waals surface area contributed by atoms with Crippen molar-refractivity contribution < 1.29 is 0 Å². The predicted octanol–water partition coefficient (Wildman–Crippen LogP) is 3.29. The Kier molecular flexibility index (Phi) is 5.04. The van der Waals surface area contributed by atoms with Gasteiger partial charge in [-0.1, -0.05) is 37.1 Å². The first kappa shape index (κ1) is 13.9. The molecule has 2 N–H and O–H groups in total. The lowest BCUT2D eigenvalue weighted by atomic mass is 9.96. The van der Waals surface area contributed by atoms with E-state index in [4.69, 9.17) is 17.3 Å². The van der Waals surface area contributed by atoms with E-state index in [1.54, 1.807) is 0 Å². The van der Waals surface area contributed by atoms with Gasteiger partial charge in [-0.05, 0) is 43.0 Å². The molecule has 0 bridgehead atoms. The standard InChI is InChI=1S/C15H23ClN2/c1-2-4-15(17)13-7-8-18(11-13)10-12-5-3-6-14(16)9-12/h3,5-6,9,13,15H,2,4,7-8,10-11,17H2,1H3. The molecule has 2 rings (SSSR count). The fourth-order valence-corrected chi connectivity index (χ4v) is 3.03. The van der Waals surface area contributed by atoms with E-state index in [-0.39, 0.29) is 0 Å². The summed E-state index contributed by atoms with van der Waals surface area (Å²) in [5, 5.41) is 0.825. The van der Waals surface area contributed by atoms with E-state index in [1.807, 2.05) is 12.1 Å². The summed E-state index contributed by atoms with van der Waals surface area (Å²) in [7, 11) is 0. The van der Waals surface area contributed by atoms with E-state index in [2.05, 4.69) is 24.0 Å². The Hall–Kier alpha value is -0.570. The molecule has 2 unspecified atom stereocenters. The fourth-order valence-electron chi connectivity index (χ4n) is 2.82. The highest BCUT2D eigenvalue weighted by Crippen LogP contribution is 2.23. The van der Waals surface area contributed by atoms with Crippen LogP contribution in [0.5, 0.6) is 0 Å². The molecule has 0 amide bonds. The van der Waals surface area contributed by atoms with Gasteiger partial charge in [0.15, 0.2) is 0 Å². The summed E-state index contributed by atoms with van der Waals surface area (Å²) in [5.41, 5.74) is 7.52. The predicted molar refractivity (Wildman–Crippen MR) is 77.7 cm³/mol. The molecule has 3 heteroatoms. The van der Waals surface area contributed by atoms with Gasteiger partial charge in [0.2, 0.25) is 0 Å². The van der Waals surface area contributed by atoms with Gasteiger partial charge in [-0.3, -0.25) is 4.90 Å².